The first-order chi connectivity index (χ1) is 10.1. The Kier molecular flexibility index (Phi) is 3.57. The number of hydrogen-bond acceptors (Lipinski definition) is 5. The van der Waals surface area contributed by atoms with Crippen LogP contribution in [0.25, 0.3) is 5.69 Å². The molecular formula is C14H17ClN6. The zero-order valence-corrected chi connectivity index (χ0v) is 12.9. The van der Waals surface area contributed by atoms with Gasteiger partial charge < -0.3 is 0 Å². The summed E-state index contributed by atoms with van der Waals surface area (Å²) in [5, 5.41) is 11.1. The van der Waals surface area contributed by atoms with Crippen LogP contribution in [0.2, 0.25) is 5.15 Å². The van der Waals surface area contributed by atoms with Crippen molar-refractivity contribution in [3.8, 4) is 5.69 Å². The van der Waals surface area contributed by atoms with Gasteiger partial charge in [0.1, 0.15) is 5.15 Å². The van der Waals surface area contributed by atoms with Gasteiger partial charge in [0.05, 0.1) is 17.4 Å². The van der Waals surface area contributed by atoms with E-state index in [0.29, 0.717) is 5.15 Å². The van der Waals surface area contributed by atoms with Gasteiger partial charge in [0.25, 0.3) is 0 Å². The summed E-state index contributed by atoms with van der Waals surface area (Å²) in [6, 6.07) is 6.09. The molecule has 6 nitrogen and oxygen atoms in total. The number of nitrogens with zero attached hydrogens (tertiary/aromatic N) is 4. The number of amidine groups is 1. The zero-order chi connectivity index (χ0) is 15.0. The lowest BCUT2D eigenvalue weighted by Gasteiger charge is -2.15. The van der Waals surface area contributed by atoms with Gasteiger partial charge in [-0.3, -0.25) is 5.01 Å². The van der Waals surface area contributed by atoms with Crippen molar-refractivity contribution in [1.29, 1.82) is 0 Å². The highest BCUT2D eigenvalue weighted by Crippen LogP contribution is 2.25. The maximum Gasteiger partial charge on any atom is 0.177 e. The molecule has 0 spiro atoms. The third-order valence-electron chi connectivity index (χ3n) is 3.67. The van der Waals surface area contributed by atoms with Crippen LogP contribution in [0.15, 0.2) is 29.5 Å². The van der Waals surface area contributed by atoms with Crippen molar-refractivity contribution >= 4 is 17.4 Å². The van der Waals surface area contributed by atoms with Crippen molar-refractivity contribution in [2.24, 2.45) is 5.10 Å². The van der Waals surface area contributed by atoms with E-state index in [1.165, 1.54) is 5.56 Å². The minimum Gasteiger partial charge on any atom is -0.271 e. The summed E-state index contributed by atoms with van der Waals surface area (Å²) < 4.78 is 1.74. The molecule has 0 saturated heterocycles. The van der Waals surface area contributed by atoms with Crippen LogP contribution in [0.4, 0.5) is 0 Å². The molecule has 0 unspecified atom stereocenters. The standard InChI is InChI=1S/C14H17ClN6/c1-4-20-14(17-18-19-20)11-8-16-21(13(11)15)12-7-5-6-9(2)10(12)3/h5-8,18-19H,4H2,1-3H3. The molecule has 1 aliphatic rings. The zero-order valence-electron chi connectivity index (χ0n) is 12.2. The molecule has 7 heteroatoms. The summed E-state index contributed by atoms with van der Waals surface area (Å²) in [6.45, 7) is 6.93. The minimum atomic E-state index is 0.548. The number of aromatic nitrogens is 2. The van der Waals surface area contributed by atoms with Crippen molar-refractivity contribution in [3.63, 3.8) is 0 Å². The topological polar surface area (TPSA) is 57.5 Å². The van der Waals surface area contributed by atoms with Crippen LogP contribution < -0.4 is 11.1 Å². The van der Waals surface area contributed by atoms with Gasteiger partial charge in [-0.15, -0.1) is 10.6 Å². The number of rotatable bonds is 3. The molecule has 21 heavy (non-hydrogen) atoms. The Bertz CT molecular complexity index is 705. The van der Waals surface area contributed by atoms with Crippen LogP contribution in [0.3, 0.4) is 0 Å². The lowest BCUT2D eigenvalue weighted by atomic mass is 10.1. The maximum absolute atomic E-state index is 6.52. The molecule has 0 fully saturated rings. The van der Waals surface area contributed by atoms with Gasteiger partial charge in [0.2, 0.25) is 0 Å². The van der Waals surface area contributed by atoms with E-state index in [0.717, 1.165) is 29.2 Å². The molecule has 1 aliphatic heterocycles. The number of nitrogens with one attached hydrogen (secondary N) is 2. The summed E-state index contributed by atoms with van der Waals surface area (Å²) >= 11 is 6.52. The number of aryl methyl sites for hydroxylation is 1. The highest BCUT2D eigenvalue weighted by Gasteiger charge is 2.23. The van der Waals surface area contributed by atoms with Gasteiger partial charge in [0.15, 0.2) is 5.84 Å². The fraction of sp³-hybridized carbons (Fsp3) is 0.286. The van der Waals surface area contributed by atoms with E-state index in [2.05, 4.69) is 41.2 Å². The highest BCUT2D eigenvalue weighted by molar-refractivity contribution is 6.33. The Labute approximate surface area is 128 Å². The van der Waals surface area contributed by atoms with Gasteiger partial charge in [-0.05, 0) is 38.0 Å². The molecular weight excluding hydrogens is 288 g/mol. The quantitative estimate of drug-likeness (QED) is 0.912. The molecule has 0 aliphatic carbocycles. The molecule has 1 aromatic heterocycles. The summed E-state index contributed by atoms with van der Waals surface area (Å²) in [5.74, 6) is 0.735. The molecule has 2 N–H and O–H groups in total. The van der Waals surface area contributed by atoms with Crippen LogP contribution >= 0.6 is 11.6 Å². The second-order valence-corrected chi connectivity index (χ2v) is 5.24. The van der Waals surface area contributed by atoms with Crippen LogP contribution in [-0.4, -0.2) is 27.2 Å². The Balaban J connectivity index is 2.06. The number of halogens is 1. The smallest absolute Gasteiger partial charge is 0.177 e. The van der Waals surface area contributed by atoms with Crippen molar-refractivity contribution in [2.75, 3.05) is 6.54 Å². The first kappa shape index (κ1) is 13.9. The Morgan fingerprint density at radius 3 is 2.86 bits per heavy atom. The highest BCUT2D eigenvalue weighted by atomic mass is 35.5. The van der Waals surface area contributed by atoms with E-state index in [1.807, 2.05) is 24.1 Å². The second-order valence-electron chi connectivity index (χ2n) is 4.88. The van der Waals surface area contributed by atoms with Crippen LogP contribution in [0.5, 0.6) is 0 Å². The maximum atomic E-state index is 6.52. The SMILES string of the molecule is CCN1NNN=C1c1cnn(-c2cccc(C)c2C)c1Cl. The first-order valence-corrected chi connectivity index (χ1v) is 7.17. The summed E-state index contributed by atoms with van der Waals surface area (Å²) in [7, 11) is 0. The summed E-state index contributed by atoms with van der Waals surface area (Å²) in [6.07, 6.45) is 1.74. The predicted octanol–water partition coefficient (Wildman–Crippen LogP) is 2.15. The molecule has 0 atom stereocenters. The van der Waals surface area contributed by atoms with Crippen LogP contribution in [0, 0.1) is 13.8 Å². The van der Waals surface area contributed by atoms with Crippen LogP contribution in [0.1, 0.15) is 23.6 Å². The molecule has 0 bridgehead atoms. The lowest BCUT2D eigenvalue weighted by molar-refractivity contribution is 0.308. The van der Waals surface area contributed by atoms with Gasteiger partial charge >= 0.3 is 0 Å². The molecule has 3 rings (SSSR count). The fourth-order valence-corrected chi connectivity index (χ4v) is 2.57. The Hall–Kier alpha value is -2.05. The number of hydrazine groups is 2. The second kappa shape index (κ2) is 5.38. The molecule has 2 heterocycles. The predicted molar refractivity (Wildman–Crippen MR) is 83.2 cm³/mol. The van der Waals surface area contributed by atoms with Gasteiger partial charge in [0, 0.05) is 6.54 Å². The first-order valence-electron chi connectivity index (χ1n) is 6.79. The van der Waals surface area contributed by atoms with E-state index in [4.69, 9.17) is 11.6 Å². The molecule has 110 valence electrons. The van der Waals surface area contributed by atoms with E-state index in [-0.39, 0.29) is 0 Å². The van der Waals surface area contributed by atoms with Gasteiger partial charge in [-0.2, -0.15) is 5.10 Å². The number of hydrogen-bond donors (Lipinski definition) is 2. The van der Waals surface area contributed by atoms with Crippen LogP contribution in [-0.2, 0) is 0 Å². The van der Waals surface area contributed by atoms with Gasteiger partial charge in [-0.25, -0.2) is 10.2 Å². The molecule has 1 aromatic carbocycles. The van der Waals surface area contributed by atoms with E-state index < -0.39 is 0 Å². The molecule has 0 radical (unpaired) electrons. The monoisotopic (exact) mass is 304 g/mol. The molecule has 2 aromatic rings. The normalized spacial score (nSPS) is 14.3. The minimum absolute atomic E-state index is 0.548. The largest absolute Gasteiger partial charge is 0.271 e. The lowest BCUT2D eigenvalue weighted by Crippen LogP contribution is -2.40. The Morgan fingerprint density at radius 2 is 2.10 bits per heavy atom. The van der Waals surface area contributed by atoms with Crippen molar-refractivity contribution in [1.82, 2.24) is 25.9 Å². The van der Waals surface area contributed by atoms with E-state index >= 15 is 0 Å². The molecule has 0 amide bonds. The third kappa shape index (κ3) is 2.26. The molecule has 0 saturated carbocycles. The van der Waals surface area contributed by atoms with Crippen molar-refractivity contribution in [3.05, 3.63) is 46.2 Å². The van der Waals surface area contributed by atoms with Crippen molar-refractivity contribution in [2.45, 2.75) is 20.8 Å². The average Bonchev–Trinajstić information content (AvgIpc) is 3.08. The fourth-order valence-electron chi connectivity index (χ4n) is 2.30. The summed E-state index contributed by atoms with van der Waals surface area (Å²) in [5.41, 5.74) is 9.81. The van der Waals surface area contributed by atoms with E-state index in [9.17, 15) is 0 Å². The number of hydrazone groups is 1. The summed E-state index contributed by atoms with van der Waals surface area (Å²) in [4.78, 5) is 0. The number of benzene rings is 1. The average molecular weight is 305 g/mol. The van der Waals surface area contributed by atoms with E-state index in [1.54, 1.807) is 10.9 Å². The van der Waals surface area contributed by atoms with Gasteiger partial charge in [-0.1, -0.05) is 23.7 Å². The third-order valence-corrected chi connectivity index (χ3v) is 4.04. The van der Waals surface area contributed by atoms with Crippen molar-refractivity contribution < 1.29 is 0 Å². The Morgan fingerprint density at radius 1 is 1.29 bits per heavy atom.